The number of alkyl halides is 3. The predicted molar refractivity (Wildman–Crippen MR) is 109 cm³/mol. The van der Waals surface area contributed by atoms with Crippen molar-refractivity contribution in [3.63, 3.8) is 0 Å². The van der Waals surface area contributed by atoms with Crippen molar-refractivity contribution in [1.29, 1.82) is 0 Å². The third-order valence-electron chi connectivity index (χ3n) is 5.41. The van der Waals surface area contributed by atoms with E-state index in [0.717, 1.165) is 63.3 Å². The number of nitrogens with zero attached hydrogens (tertiary/aromatic N) is 2. The van der Waals surface area contributed by atoms with E-state index in [9.17, 15) is 26.4 Å². The second kappa shape index (κ2) is 10.6. The molecule has 30 heavy (non-hydrogen) atoms. The number of rotatable bonds is 10. The Balaban J connectivity index is 1.84. The molecule has 1 aromatic carbocycles. The number of hydrogen-bond donors (Lipinski definition) is 1. The lowest BCUT2D eigenvalue weighted by Gasteiger charge is -2.30. The summed E-state index contributed by atoms with van der Waals surface area (Å²) in [6.07, 6.45) is 2.47. The zero-order valence-corrected chi connectivity index (χ0v) is 18.2. The van der Waals surface area contributed by atoms with Crippen molar-refractivity contribution in [2.75, 3.05) is 39.3 Å². The summed E-state index contributed by atoms with van der Waals surface area (Å²) in [5.74, 6) is 0.137. The molecule has 6 nitrogen and oxygen atoms in total. The van der Waals surface area contributed by atoms with Gasteiger partial charge in [0.2, 0.25) is 5.91 Å². The molecule has 1 fully saturated rings. The quantitative estimate of drug-likeness (QED) is 0.556. The first kappa shape index (κ1) is 24.6. The molecular formula is C20H30F3N3O3S. The smallest absolute Gasteiger partial charge is 0.340 e. The van der Waals surface area contributed by atoms with Crippen molar-refractivity contribution < 1.29 is 26.4 Å². The fourth-order valence-electron chi connectivity index (χ4n) is 3.60. The first-order chi connectivity index (χ1) is 14.1. The van der Waals surface area contributed by atoms with Crippen molar-refractivity contribution >= 4 is 15.7 Å². The zero-order chi connectivity index (χ0) is 22.4. The second-order valence-electron chi connectivity index (χ2n) is 7.54. The minimum Gasteiger partial charge on any atom is -0.340 e. The second-order valence-corrected chi connectivity index (χ2v) is 9.48. The van der Waals surface area contributed by atoms with Crippen LogP contribution in [0.4, 0.5) is 13.2 Å². The van der Waals surface area contributed by atoms with Gasteiger partial charge in [0.25, 0.3) is 9.84 Å². The minimum absolute atomic E-state index is 0.137. The topological polar surface area (TPSA) is 69.7 Å². The average molecular weight is 450 g/mol. The third kappa shape index (κ3) is 6.42. The number of amides is 1. The normalized spacial score (nSPS) is 16.9. The highest BCUT2D eigenvalue weighted by Gasteiger charge is 2.46. The molecule has 0 aliphatic carbocycles. The lowest BCUT2D eigenvalue weighted by molar-refractivity contribution is -0.132. The van der Waals surface area contributed by atoms with Crippen molar-refractivity contribution in [2.24, 2.45) is 0 Å². The highest BCUT2D eigenvalue weighted by molar-refractivity contribution is 7.92. The maximum absolute atomic E-state index is 12.6. The minimum atomic E-state index is -5.31. The van der Waals surface area contributed by atoms with Crippen LogP contribution in [-0.2, 0) is 21.1 Å². The van der Waals surface area contributed by atoms with E-state index in [1.165, 1.54) is 12.1 Å². The first-order valence-electron chi connectivity index (χ1n) is 10.2. The summed E-state index contributed by atoms with van der Waals surface area (Å²) in [4.78, 5) is 15.2. The molecule has 10 heteroatoms. The Kier molecular flexibility index (Phi) is 8.69. The molecule has 1 atom stereocenters. The molecule has 0 saturated carbocycles. The Morgan fingerprint density at radius 1 is 1.20 bits per heavy atom. The molecule has 1 aromatic rings. The molecule has 1 aliphatic rings. The highest BCUT2D eigenvalue weighted by Crippen LogP contribution is 2.30. The molecule has 0 aromatic heterocycles. The van der Waals surface area contributed by atoms with Gasteiger partial charge in [-0.2, -0.15) is 13.2 Å². The lowest BCUT2D eigenvalue weighted by Crippen LogP contribution is -2.48. The molecule has 1 heterocycles. The molecule has 1 saturated heterocycles. The highest BCUT2D eigenvalue weighted by atomic mass is 32.2. The molecule has 0 radical (unpaired) electrons. The Labute approximate surface area is 176 Å². The standard InChI is InChI=1S/C20H30F3N3O3S/c1-3-25(11-4-5-12-26-13-10-24-15-19(26)27)16(2)14-17-6-8-18(9-7-17)30(28,29)20(21,22)23/h6-9,16,24H,3-5,10-15H2,1-2H3. The average Bonchev–Trinajstić information content (AvgIpc) is 2.68. The molecule has 0 spiro atoms. The number of halogens is 3. The Morgan fingerprint density at radius 3 is 2.43 bits per heavy atom. The van der Waals surface area contributed by atoms with Gasteiger partial charge in [-0.1, -0.05) is 19.1 Å². The van der Waals surface area contributed by atoms with E-state index >= 15 is 0 Å². The van der Waals surface area contributed by atoms with Crippen LogP contribution < -0.4 is 5.32 Å². The van der Waals surface area contributed by atoms with E-state index in [2.05, 4.69) is 17.1 Å². The van der Waals surface area contributed by atoms with Crippen molar-refractivity contribution in [2.45, 2.75) is 49.6 Å². The van der Waals surface area contributed by atoms with Crippen LogP contribution in [0, 0.1) is 0 Å². The van der Waals surface area contributed by atoms with Crippen molar-refractivity contribution in [1.82, 2.24) is 15.1 Å². The SMILES string of the molecule is CCN(CCCCN1CCNCC1=O)C(C)Cc1ccc(S(=O)(=O)C(F)(F)F)cc1. The van der Waals surface area contributed by atoms with Gasteiger partial charge in [-0.25, -0.2) is 8.42 Å². The molecule has 1 aliphatic heterocycles. The first-order valence-corrected chi connectivity index (χ1v) is 11.7. The fraction of sp³-hybridized carbons (Fsp3) is 0.650. The predicted octanol–water partition coefficient (Wildman–Crippen LogP) is 2.45. The Morgan fingerprint density at radius 2 is 1.87 bits per heavy atom. The third-order valence-corrected chi connectivity index (χ3v) is 6.91. The van der Waals surface area contributed by atoms with Crippen LogP contribution in [0.1, 0.15) is 32.3 Å². The summed E-state index contributed by atoms with van der Waals surface area (Å²) in [5.41, 5.74) is -4.51. The number of carbonyl (C=O) groups is 1. The number of likely N-dealkylation sites (N-methyl/N-ethyl adjacent to an activating group) is 1. The van der Waals surface area contributed by atoms with Crippen molar-refractivity contribution in [3.05, 3.63) is 29.8 Å². The Hall–Kier alpha value is -1.65. The summed E-state index contributed by atoms with van der Waals surface area (Å²) < 4.78 is 60.9. The van der Waals surface area contributed by atoms with Crippen LogP contribution in [-0.4, -0.2) is 74.9 Å². The number of sulfone groups is 1. The lowest BCUT2D eigenvalue weighted by atomic mass is 10.1. The van der Waals surface area contributed by atoms with Crippen LogP contribution in [0.25, 0.3) is 0 Å². The van der Waals surface area contributed by atoms with Gasteiger partial charge in [-0.15, -0.1) is 0 Å². The maximum atomic E-state index is 12.6. The molecule has 1 amide bonds. The van der Waals surface area contributed by atoms with Gasteiger partial charge in [-0.3, -0.25) is 4.79 Å². The fourth-order valence-corrected chi connectivity index (χ4v) is 4.36. The number of hydrogen-bond acceptors (Lipinski definition) is 5. The number of piperazine rings is 1. The number of benzene rings is 1. The van der Waals surface area contributed by atoms with Crippen LogP contribution in [0.3, 0.4) is 0 Å². The summed E-state index contributed by atoms with van der Waals surface area (Å²) in [7, 11) is -5.31. The summed E-state index contributed by atoms with van der Waals surface area (Å²) in [6, 6.07) is 5.08. The van der Waals surface area contributed by atoms with Crippen LogP contribution >= 0.6 is 0 Å². The molecule has 0 bridgehead atoms. The molecule has 1 unspecified atom stereocenters. The zero-order valence-electron chi connectivity index (χ0n) is 17.4. The Bertz CT molecular complexity index is 798. The van der Waals surface area contributed by atoms with E-state index in [0.29, 0.717) is 13.0 Å². The molecular weight excluding hydrogens is 419 g/mol. The van der Waals surface area contributed by atoms with E-state index in [4.69, 9.17) is 0 Å². The molecule has 170 valence electrons. The monoisotopic (exact) mass is 449 g/mol. The van der Waals surface area contributed by atoms with Gasteiger partial charge in [0.1, 0.15) is 0 Å². The van der Waals surface area contributed by atoms with E-state index in [1.54, 1.807) is 0 Å². The van der Waals surface area contributed by atoms with Gasteiger partial charge in [-0.05, 0) is 57.0 Å². The van der Waals surface area contributed by atoms with Crippen LogP contribution in [0.5, 0.6) is 0 Å². The maximum Gasteiger partial charge on any atom is 0.501 e. The van der Waals surface area contributed by atoms with E-state index in [-0.39, 0.29) is 11.9 Å². The number of unbranched alkanes of at least 4 members (excludes halogenated alkanes) is 1. The molecule has 1 N–H and O–H groups in total. The number of nitrogens with one attached hydrogen (secondary N) is 1. The van der Waals surface area contributed by atoms with Crippen LogP contribution in [0.15, 0.2) is 29.2 Å². The van der Waals surface area contributed by atoms with E-state index in [1.807, 2.05) is 11.8 Å². The largest absolute Gasteiger partial charge is 0.501 e. The van der Waals surface area contributed by atoms with Gasteiger partial charge < -0.3 is 15.1 Å². The summed E-state index contributed by atoms with van der Waals surface area (Å²) in [5, 5.41) is 3.05. The van der Waals surface area contributed by atoms with Gasteiger partial charge >= 0.3 is 5.51 Å². The van der Waals surface area contributed by atoms with Crippen molar-refractivity contribution in [3.8, 4) is 0 Å². The molecule has 2 rings (SSSR count). The van der Waals surface area contributed by atoms with Gasteiger partial charge in [0, 0.05) is 25.7 Å². The van der Waals surface area contributed by atoms with E-state index < -0.39 is 20.2 Å². The number of carbonyl (C=O) groups excluding carboxylic acids is 1. The summed E-state index contributed by atoms with van der Waals surface area (Å²) in [6.45, 7) is 8.51. The van der Waals surface area contributed by atoms with Gasteiger partial charge in [0.05, 0.1) is 11.4 Å². The van der Waals surface area contributed by atoms with Crippen LogP contribution in [0.2, 0.25) is 0 Å². The summed E-state index contributed by atoms with van der Waals surface area (Å²) >= 11 is 0. The van der Waals surface area contributed by atoms with Gasteiger partial charge in [0.15, 0.2) is 0 Å².